The van der Waals surface area contributed by atoms with Crippen LogP contribution in [0.2, 0.25) is 0 Å². The SMILES string of the molecule is c1ccc(CN2CCN(CCN3CCNCC3)CC2)cc1. The first-order chi connectivity index (χ1) is 10.4. The molecule has 0 atom stereocenters. The van der Waals surface area contributed by atoms with E-state index in [0.29, 0.717) is 0 Å². The summed E-state index contributed by atoms with van der Waals surface area (Å²) in [7, 11) is 0. The van der Waals surface area contributed by atoms with Crippen molar-refractivity contribution in [1.29, 1.82) is 0 Å². The molecule has 0 saturated carbocycles. The van der Waals surface area contributed by atoms with Crippen molar-refractivity contribution in [2.45, 2.75) is 6.54 Å². The van der Waals surface area contributed by atoms with Crippen molar-refractivity contribution in [3.63, 3.8) is 0 Å². The van der Waals surface area contributed by atoms with Crippen LogP contribution in [0.15, 0.2) is 30.3 Å². The molecule has 0 aromatic heterocycles. The Labute approximate surface area is 128 Å². The van der Waals surface area contributed by atoms with Gasteiger partial charge in [0, 0.05) is 72.0 Å². The van der Waals surface area contributed by atoms with Gasteiger partial charge in [0.2, 0.25) is 0 Å². The molecule has 2 heterocycles. The van der Waals surface area contributed by atoms with E-state index in [1.165, 1.54) is 57.9 Å². The minimum absolute atomic E-state index is 1.10. The summed E-state index contributed by atoms with van der Waals surface area (Å²) in [5, 5.41) is 3.42. The molecular weight excluding hydrogens is 260 g/mol. The van der Waals surface area contributed by atoms with E-state index < -0.39 is 0 Å². The first-order valence-corrected chi connectivity index (χ1v) is 8.32. The lowest BCUT2D eigenvalue weighted by atomic mass is 10.2. The fourth-order valence-electron chi connectivity index (χ4n) is 3.23. The van der Waals surface area contributed by atoms with Gasteiger partial charge in [-0.3, -0.25) is 14.7 Å². The van der Waals surface area contributed by atoms with Crippen LogP contribution in [0.25, 0.3) is 0 Å². The Morgan fingerprint density at radius 2 is 1.29 bits per heavy atom. The summed E-state index contributed by atoms with van der Waals surface area (Å²) in [4.78, 5) is 7.80. The van der Waals surface area contributed by atoms with Gasteiger partial charge in [0.15, 0.2) is 0 Å². The number of nitrogens with zero attached hydrogens (tertiary/aromatic N) is 3. The monoisotopic (exact) mass is 288 g/mol. The minimum Gasteiger partial charge on any atom is -0.314 e. The molecule has 1 N–H and O–H groups in total. The number of benzene rings is 1. The van der Waals surface area contributed by atoms with Gasteiger partial charge in [0.1, 0.15) is 0 Å². The molecule has 116 valence electrons. The van der Waals surface area contributed by atoms with Crippen molar-refractivity contribution in [1.82, 2.24) is 20.0 Å². The molecule has 2 fully saturated rings. The highest BCUT2D eigenvalue weighted by Crippen LogP contribution is 2.08. The highest BCUT2D eigenvalue weighted by Gasteiger charge is 2.18. The predicted octanol–water partition coefficient (Wildman–Crippen LogP) is 0.709. The van der Waals surface area contributed by atoms with Gasteiger partial charge in [0.25, 0.3) is 0 Å². The molecule has 1 aromatic carbocycles. The van der Waals surface area contributed by atoms with E-state index >= 15 is 0 Å². The maximum atomic E-state index is 3.42. The molecule has 0 aliphatic carbocycles. The smallest absolute Gasteiger partial charge is 0.0234 e. The summed E-state index contributed by atoms with van der Waals surface area (Å²) in [6, 6.07) is 10.8. The van der Waals surface area contributed by atoms with Crippen molar-refractivity contribution in [3.05, 3.63) is 35.9 Å². The van der Waals surface area contributed by atoms with Gasteiger partial charge in [0.05, 0.1) is 0 Å². The first kappa shape index (κ1) is 15.0. The Balaban J connectivity index is 1.35. The van der Waals surface area contributed by atoms with Crippen LogP contribution in [-0.2, 0) is 6.54 Å². The molecule has 4 heteroatoms. The van der Waals surface area contributed by atoms with E-state index in [9.17, 15) is 0 Å². The van der Waals surface area contributed by atoms with Crippen LogP contribution >= 0.6 is 0 Å². The van der Waals surface area contributed by atoms with Crippen molar-refractivity contribution < 1.29 is 0 Å². The van der Waals surface area contributed by atoms with E-state index in [4.69, 9.17) is 0 Å². The fraction of sp³-hybridized carbons (Fsp3) is 0.647. The Kier molecular flexibility index (Phi) is 5.63. The number of hydrogen-bond acceptors (Lipinski definition) is 4. The van der Waals surface area contributed by atoms with Gasteiger partial charge in [-0.25, -0.2) is 0 Å². The molecule has 2 aliphatic heterocycles. The zero-order valence-corrected chi connectivity index (χ0v) is 13.0. The lowest BCUT2D eigenvalue weighted by Crippen LogP contribution is -2.50. The molecule has 0 amide bonds. The molecule has 0 spiro atoms. The van der Waals surface area contributed by atoms with Crippen molar-refractivity contribution in [3.8, 4) is 0 Å². The standard InChI is InChI=1S/C17H28N4/c1-2-4-17(5-3-1)16-21-14-12-20(13-15-21)11-10-19-8-6-18-7-9-19/h1-5,18H,6-16H2. The van der Waals surface area contributed by atoms with Gasteiger partial charge in [-0.05, 0) is 5.56 Å². The molecule has 3 rings (SSSR count). The van der Waals surface area contributed by atoms with Crippen LogP contribution in [0, 0.1) is 0 Å². The molecule has 0 bridgehead atoms. The molecular formula is C17H28N4. The molecule has 0 radical (unpaired) electrons. The lowest BCUT2D eigenvalue weighted by Gasteiger charge is -2.36. The predicted molar refractivity (Wildman–Crippen MR) is 87.5 cm³/mol. The van der Waals surface area contributed by atoms with Crippen molar-refractivity contribution >= 4 is 0 Å². The first-order valence-electron chi connectivity index (χ1n) is 8.32. The van der Waals surface area contributed by atoms with Gasteiger partial charge < -0.3 is 5.32 Å². The van der Waals surface area contributed by atoms with E-state index in [0.717, 1.165) is 19.6 Å². The average Bonchev–Trinajstić information content (AvgIpc) is 2.56. The molecule has 0 unspecified atom stereocenters. The van der Waals surface area contributed by atoms with E-state index in [-0.39, 0.29) is 0 Å². The summed E-state index contributed by atoms with van der Waals surface area (Å²) in [6.45, 7) is 13.2. The molecule has 2 saturated heterocycles. The summed E-state index contributed by atoms with van der Waals surface area (Å²) in [6.07, 6.45) is 0. The zero-order chi connectivity index (χ0) is 14.3. The Morgan fingerprint density at radius 1 is 0.714 bits per heavy atom. The zero-order valence-electron chi connectivity index (χ0n) is 13.0. The normalized spacial score (nSPS) is 22.5. The molecule has 4 nitrogen and oxygen atoms in total. The summed E-state index contributed by atoms with van der Waals surface area (Å²) in [5.41, 5.74) is 1.44. The van der Waals surface area contributed by atoms with Crippen LogP contribution in [0.3, 0.4) is 0 Å². The van der Waals surface area contributed by atoms with Crippen LogP contribution in [0.1, 0.15) is 5.56 Å². The van der Waals surface area contributed by atoms with Gasteiger partial charge in [-0.15, -0.1) is 0 Å². The fourth-order valence-corrected chi connectivity index (χ4v) is 3.23. The van der Waals surface area contributed by atoms with E-state index in [2.05, 4.69) is 50.3 Å². The van der Waals surface area contributed by atoms with Crippen molar-refractivity contribution in [2.75, 3.05) is 65.4 Å². The second kappa shape index (κ2) is 7.90. The second-order valence-electron chi connectivity index (χ2n) is 6.20. The van der Waals surface area contributed by atoms with Crippen molar-refractivity contribution in [2.24, 2.45) is 0 Å². The lowest BCUT2D eigenvalue weighted by molar-refractivity contribution is 0.111. The Hall–Kier alpha value is -0.940. The highest BCUT2D eigenvalue weighted by molar-refractivity contribution is 5.14. The molecule has 1 aromatic rings. The molecule has 2 aliphatic rings. The summed E-state index contributed by atoms with van der Waals surface area (Å²) in [5.74, 6) is 0. The van der Waals surface area contributed by atoms with Crippen LogP contribution in [0.4, 0.5) is 0 Å². The van der Waals surface area contributed by atoms with Gasteiger partial charge in [-0.1, -0.05) is 30.3 Å². The molecule has 21 heavy (non-hydrogen) atoms. The minimum atomic E-state index is 1.10. The Bertz CT molecular complexity index is 395. The number of hydrogen-bond donors (Lipinski definition) is 1. The van der Waals surface area contributed by atoms with Gasteiger partial charge in [-0.2, -0.15) is 0 Å². The maximum absolute atomic E-state index is 3.42. The second-order valence-corrected chi connectivity index (χ2v) is 6.20. The summed E-state index contributed by atoms with van der Waals surface area (Å²) >= 11 is 0. The third kappa shape index (κ3) is 4.78. The number of nitrogens with one attached hydrogen (secondary N) is 1. The Morgan fingerprint density at radius 3 is 1.95 bits per heavy atom. The average molecular weight is 288 g/mol. The maximum Gasteiger partial charge on any atom is 0.0234 e. The third-order valence-corrected chi connectivity index (χ3v) is 4.66. The van der Waals surface area contributed by atoms with E-state index in [1.807, 2.05) is 0 Å². The number of piperazine rings is 2. The third-order valence-electron chi connectivity index (χ3n) is 4.66. The van der Waals surface area contributed by atoms with Crippen LogP contribution < -0.4 is 5.32 Å². The van der Waals surface area contributed by atoms with Crippen LogP contribution in [-0.4, -0.2) is 80.1 Å². The largest absolute Gasteiger partial charge is 0.314 e. The number of rotatable bonds is 5. The van der Waals surface area contributed by atoms with E-state index in [1.54, 1.807) is 0 Å². The highest BCUT2D eigenvalue weighted by atomic mass is 15.3. The topological polar surface area (TPSA) is 21.8 Å². The quantitative estimate of drug-likeness (QED) is 0.861. The summed E-state index contributed by atoms with van der Waals surface area (Å²) < 4.78 is 0. The van der Waals surface area contributed by atoms with Gasteiger partial charge >= 0.3 is 0 Å². The van der Waals surface area contributed by atoms with Crippen LogP contribution in [0.5, 0.6) is 0 Å².